The molecule has 0 unspecified atom stereocenters. The minimum absolute atomic E-state index is 0.0128. The van der Waals surface area contributed by atoms with E-state index >= 15 is 0 Å². The minimum Gasteiger partial charge on any atom is -0.493 e. The molecule has 2 N–H and O–H groups in total. The number of benzene rings is 1. The standard InChI is InChI=1S/C21H23N5O3S/c1-28-17-12-15-16(13-18(17)29-2)23-21(24-20(15)22)26-9-7-25(8-10-26)19(27)6-5-14-4-3-11-30-14/h3-6,11-13H,7-10H2,1-2H3,(H2,22,23,24)/b6-5+. The van der Waals surface area contributed by atoms with Gasteiger partial charge in [-0.15, -0.1) is 11.3 Å². The molecule has 156 valence electrons. The van der Waals surface area contributed by atoms with Gasteiger partial charge >= 0.3 is 0 Å². The van der Waals surface area contributed by atoms with Crippen molar-refractivity contribution in [1.82, 2.24) is 14.9 Å². The van der Waals surface area contributed by atoms with Gasteiger partial charge in [0.05, 0.1) is 19.7 Å². The van der Waals surface area contributed by atoms with Gasteiger partial charge in [0.2, 0.25) is 11.9 Å². The highest BCUT2D eigenvalue weighted by Crippen LogP contribution is 2.34. The summed E-state index contributed by atoms with van der Waals surface area (Å²) < 4.78 is 10.7. The molecule has 4 rings (SSSR count). The molecule has 0 bridgehead atoms. The third-order valence-corrected chi connectivity index (χ3v) is 5.86. The zero-order chi connectivity index (χ0) is 21.1. The van der Waals surface area contributed by atoms with Crippen LogP contribution in [0.5, 0.6) is 11.5 Å². The van der Waals surface area contributed by atoms with Crippen molar-refractivity contribution in [3.05, 3.63) is 40.6 Å². The molecular formula is C21H23N5O3S. The molecule has 3 aromatic rings. The largest absolute Gasteiger partial charge is 0.493 e. The minimum atomic E-state index is 0.0128. The van der Waals surface area contributed by atoms with Crippen molar-refractivity contribution in [2.75, 3.05) is 51.0 Å². The number of carbonyl (C=O) groups is 1. The first-order chi connectivity index (χ1) is 14.6. The molecule has 0 saturated carbocycles. The maximum Gasteiger partial charge on any atom is 0.246 e. The van der Waals surface area contributed by atoms with Crippen molar-refractivity contribution in [2.45, 2.75) is 0 Å². The fourth-order valence-corrected chi connectivity index (χ4v) is 4.00. The van der Waals surface area contributed by atoms with Gasteiger partial charge in [-0.2, -0.15) is 4.98 Å². The van der Waals surface area contributed by atoms with E-state index in [4.69, 9.17) is 15.2 Å². The van der Waals surface area contributed by atoms with Crippen LogP contribution in [0.3, 0.4) is 0 Å². The monoisotopic (exact) mass is 425 g/mol. The van der Waals surface area contributed by atoms with Gasteiger partial charge in [-0.05, 0) is 23.6 Å². The molecule has 0 spiro atoms. The van der Waals surface area contributed by atoms with Gasteiger partial charge in [0.15, 0.2) is 11.5 Å². The topological polar surface area (TPSA) is 93.8 Å². The molecular weight excluding hydrogens is 402 g/mol. The number of piperazine rings is 1. The van der Waals surface area contributed by atoms with Crippen LogP contribution in [0, 0.1) is 0 Å². The number of aromatic nitrogens is 2. The number of rotatable bonds is 5. The number of hydrogen-bond donors (Lipinski definition) is 1. The van der Waals surface area contributed by atoms with E-state index in [1.54, 1.807) is 43.8 Å². The van der Waals surface area contributed by atoms with Crippen LogP contribution in [-0.2, 0) is 4.79 Å². The van der Waals surface area contributed by atoms with Crippen molar-refractivity contribution < 1.29 is 14.3 Å². The predicted molar refractivity (Wildman–Crippen MR) is 119 cm³/mol. The van der Waals surface area contributed by atoms with E-state index in [-0.39, 0.29) is 5.91 Å². The van der Waals surface area contributed by atoms with Crippen LogP contribution in [0.25, 0.3) is 17.0 Å². The Morgan fingerprint density at radius 3 is 2.53 bits per heavy atom. The van der Waals surface area contributed by atoms with E-state index < -0.39 is 0 Å². The van der Waals surface area contributed by atoms with Crippen LogP contribution in [-0.4, -0.2) is 61.2 Å². The lowest BCUT2D eigenvalue weighted by Crippen LogP contribution is -2.48. The molecule has 1 aliphatic rings. The number of nitrogens with two attached hydrogens (primary N) is 1. The Kier molecular flexibility index (Phi) is 5.71. The van der Waals surface area contributed by atoms with Gasteiger partial charge in [0.1, 0.15) is 5.82 Å². The summed E-state index contributed by atoms with van der Waals surface area (Å²) in [5.41, 5.74) is 6.88. The fraction of sp³-hybridized carbons (Fsp3) is 0.286. The average Bonchev–Trinajstić information content (AvgIpc) is 3.30. The Balaban J connectivity index is 1.48. The lowest BCUT2D eigenvalue weighted by Gasteiger charge is -2.34. The molecule has 1 aromatic carbocycles. The summed E-state index contributed by atoms with van der Waals surface area (Å²) in [5.74, 6) is 2.11. The van der Waals surface area contributed by atoms with Crippen LogP contribution in [0.15, 0.2) is 35.7 Å². The van der Waals surface area contributed by atoms with Crippen LogP contribution in [0.2, 0.25) is 0 Å². The number of hydrogen-bond acceptors (Lipinski definition) is 8. The first-order valence-corrected chi connectivity index (χ1v) is 10.4. The number of amides is 1. The molecule has 2 aromatic heterocycles. The smallest absolute Gasteiger partial charge is 0.246 e. The zero-order valence-corrected chi connectivity index (χ0v) is 17.7. The van der Waals surface area contributed by atoms with Crippen LogP contribution in [0.4, 0.5) is 11.8 Å². The molecule has 0 radical (unpaired) electrons. The van der Waals surface area contributed by atoms with Gasteiger partial charge in [0.25, 0.3) is 0 Å². The molecule has 1 fully saturated rings. The zero-order valence-electron chi connectivity index (χ0n) is 16.9. The molecule has 1 amide bonds. The lowest BCUT2D eigenvalue weighted by molar-refractivity contribution is -0.126. The summed E-state index contributed by atoms with van der Waals surface area (Å²) in [6.45, 7) is 2.47. The fourth-order valence-electron chi connectivity index (χ4n) is 3.38. The Bertz CT molecular complexity index is 1080. The third-order valence-electron chi connectivity index (χ3n) is 5.03. The Morgan fingerprint density at radius 2 is 1.87 bits per heavy atom. The SMILES string of the molecule is COc1cc2nc(N3CCN(C(=O)/C=C/c4cccs4)CC3)nc(N)c2cc1OC. The third kappa shape index (κ3) is 4.02. The number of nitrogens with zero attached hydrogens (tertiary/aromatic N) is 4. The van der Waals surface area contributed by atoms with Crippen molar-refractivity contribution >= 4 is 46.0 Å². The highest BCUT2D eigenvalue weighted by atomic mass is 32.1. The molecule has 8 nitrogen and oxygen atoms in total. The Morgan fingerprint density at radius 1 is 1.13 bits per heavy atom. The summed E-state index contributed by atoms with van der Waals surface area (Å²) in [4.78, 5) is 26.5. The lowest BCUT2D eigenvalue weighted by atomic mass is 10.2. The number of fused-ring (bicyclic) bond motifs is 1. The summed E-state index contributed by atoms with van der Waals surface area (Å²) >= 11 is 1.61. The normalized spacial score (nSPS) is 14.5. The van der Waals surface area contributed by atoms with Crippen molar-refractivity contribution in [3.8, 4) is 11.5 Å². The first kappa shape index (κ1) is 20.0. The van der Waals surface area contributed by atoms with Gasteiger partial charge in [-0.3, -0.25) is 4.79 Å². The highest BCUT2D eigenvalue weighted by molar-refractivity contribution is 7.10. The van der Waals surface area contributed by atoms with Crippen LogP contribution < -0.4 is 20.1 Å². The van der Waals surface area contributed by atoms with E-state index in [1.807, 2.05) is 33.4 Å². The second-order valence-electron chi connectivity index (χ2n) is 6.79. The Hall–Kier alpha value is -3.33. The molecule has 30 heavy (non-hydrogen) atoms. The van der Waals surface area contributed by atoms with Gasteiger partial charge in [0, 0.05) is 48.6 Å². The molecule has 9 heteroatoms. The van der Waals surface area contributed by atoms with E-state index in [9.17, 15) is 4.79 Å². The van der Waals surface area contributed by atoms with Gasteiger partial charge in [-0.25, -0.2) is 4.98 Å². The number of nitrogen functional groups attached to an aromatic ring is 1. The Labute approximate surface area is 178 Å². The quantitative estimate of drug-likeness (QED) is 0.628. The van der Waals surface area contributed by atoms with E-state index in [2.05, 4.69) is 9.97 Å². The van der Waals surface area contributed by atoms with Gasteiger partial charge < -0.3 is 25.0 Å². The maximum atomic E-state index is 12.4. The summed E-state index contributed by atoms with van der Waals surface area (Å²) in [5, 5.41) is 2.70. The molecule has 0 aliphatic carbocycles. The second-order valence-corrected chi connectivity index (χ2v) is 7.77. The summed E-state index contributed by atoms with van der Waals surface area (Å²) in [7, 11) is 3.16. The summed E-state index contributed by atoms with van der Waals surface area (Å²) in [6, 6.07) is 7.53. The van der Waals surface area contributed by atoms with Crippen molar-refractivity contribution in [2.24, 2.45) is 0 Å². The number of anilines is 2. The second kappa shape index (κ2) is 8.58. The summed E-state index contributed by atoms with van der Waals surface area (Å²) in [6.07, 6.45) is 3.49. The number of carbonyl (C=O) groups excluding carboxylic acids is 1. The van der Waals surface area contributed by atoms with Crippen LogP contribution in [0.1, 0.15) is 4.88 Å². The molecule has 1 saturated heterocycles. The van der Waals surface area contributed by atoms with Crippen molar-refractivity contribution in [3.63, 3.8) is 0 Å². The number of thiophene rings is 1. The van der Waals surface area contributed by atoms with E-state index in [0.717, 1.165) is 4.88 Å². The first-order valence-electron chi connectivity index (χ1n) is 9.53. The van der Waals surface area contributed by atoms with Gasteiger partial charge in [-0.1, -0.05) is 6.07 Å². The van der Waals surface area contributed by atoms with E-state index in [0.29, 0.717) is 60.3 Å². The molecule has 1 aliphatic heterocycles. The highest BCUT2D eigenvalue weighted by Gasteiger charge is 2.22. The molecule has 0 atom stereocenters. The number of ether oxygens (including phenoxy) is 2. The maximum absolute atomic E-state index is 12.4. The van der Waals surface area contributed by atoms with Crippen molar-refractivity contribution in [1.29, 1.82) is 0 Å². The van der Waals surface area contributed by atoms with E-state index in [1.165, 1.54) is 0 Å². The predicted octanol–water partition coefficient (Wildman–Crippen LogP) is 2.65. The number of methoxy groups -OCH3 is 2. The average molecular weight is 426 g/mol. The van der Waals surface area contributed by atoms with Crippen LogP contribution >= 0.6 is 11.3 Å². The molecule has 3 heterocycles.